The molecule has 0 aliphatic heterocycles. The van der Waals surface area contributed by atoms with Crippen molar-refractivity contribution in [1.29, 1.82) is 0 Å². The van der Waals surface area contributed by atoms with Gasteiger partial charge in [-0.1, -0.05) is 271 Å². The van der Waals surface area contributed by atoms with Crippen LogP contribution in [0.4, 0.5) is 0 Å². The molecule has 0 amide bonds. The van der Waals surface area contributed by atoms with Crippen molar-refractivity contribution in [2.75, 3.05) is 0 Å². The van der Waals surface area contributed by atoms with Crippen molar-refractivity contribution in [2.24, 2.45) is 0 Å². The monoisotopic (exact) mass is 787 g/mol. The molecule has 54 heavy (non-hydrogen) atoms. The van der Waals surface area contributed by atoms with Crippen molar-refractivity contribution in [3.8, 4) is 0 Å². The summed E-state index contributed by atoms with van der Waals surface area (Å²) in [5.74, 6) is 0. The molecular formula is C48H99O5P. The smallest absolute Gasteiger partial charge is 0.323 e. The molecule has 5 nitrogen and oxygen atoms in total. The van der Waals surface area contributed by atoms with E-state index in [0.29, 0.717) is 12.8 Å². The molecule has 0 radical (unpaired) electrons. The van der Waals surface area contributed by atoms with Gasteiger partial charge < -0.3 is 10.2 Å². The molecule has 0 rings (SSSR count). The molecule has 0 heterocycles. The van der Waals surface area contributed by atoms with Crippen molar-refractivity contribution in [3.05, 3.63) is 0 Å². The highest BCUT2D eigenvalue weighted by molar-refractivity contribution is 7.33. The standard InChI is InChI=1S/C48H99O5P/c1-3-5-7-9-11-13-15-17-19-21-23-25-27-29-31-33-35-37-39-41-43-45-47(49)52-54(51)53-48(50)46-44-42-40-38-36-34-32-30-28-26-24-22-20-18-16-14-12-10-8-6-4-2/h47-50,54H,3-46H2,1-2H3. The van der Waals surface area contributed by atoms with Crippen molar-refractivity contribution in [1.82, 2.24) is 0 Å². The minimum atomic E-state index is -2.89. The Kier molecular flexibility index (Phi) is 47.5. The van der Waals surface area contributed by atoms with E-state index in [4.69, 9.17) is 9.05 Å². The van der Waals surface area contributed by atoms with Crippen LogP contribution in [0.2, 0.25) is 0 Å². The average Bonchev–Trinajstić information content (AvgIpc) is 3.16. The Labute approximate surface area is 340 Å². The van der Waals surface area contributed by atoms with E-state index in [1.165, 1.54) is 244 Å². The normalized spacial score (nSPS) is 13.5. The highest BCUT2D eigenvalue weighted by Gasteiger charge is 2.14. The molecule has 0 aromatic carbocycles. The first-order chi connectivity index (χ1) is 26.6. The van der Waals surface area contributed by atoms with Gasteiger partial charge in [0.2, 0.25) is 0 Å². The van der Waals surface area contributed by atoms with Crippen molar-refractivity contribution < 1.29 is 23.8 Å². The summed E-state index contributed by atoms with van der Waals surface area (Å²) in [5.41, 5.74) is 0. The van der Waals surface area contributed by atoms with Crippen LogP contribution in [0.15, 0.2) is 0 Å². The Morgan fingerprint density at radius 3 is 0.611 bits per heavy atom. The molecule has 0 saturated carbocycles. The second kappa shape index (κ2) is 47.4. The van der Waals surface area contributed by atoms with E-state index in [1.807, 2.05) is 0 Å². The number of hydrogen-bond acceptors (Lipinski definition) is 5. The number of aliphatic hydroxyl groups excluding tert-OH is 2. The van der Waals surface area contributed by atoms with E-state index in [9.17, 15) is 14.8 Å². The summed E-state index contributed by atoms with van der Waals surface area (Å²) in [7, 11) is -2.89. The van der Waals surface area contributed by atoms with Gasteiger partial charge in [-0.15, -0.1) is 0 Å². The zero-order valence-electron chi connectivity index (χ0n) is 36.9. The summed E-state index contributed by atoms with van der Waals surface area (Å²) in [6.45, 7) is 4.58. The molecule has 0 saturated heterocycles. The van der Waals surface area contributed by atoms with E-state index in [0.717, 1.165) is 25.7 Å². The molecule has 326 valence electrons. The second-order valence-corrected chi connectivity index (χ2v) is 18.1. The highest BCUT2D eigenvalue weighted by Crippen LogP contribution is 2.30. The molecule has 0 aliphatic rings. The number of unbranched alkanes of at least 4 members (excludes halogenated alkanes) is 40. The first-order valence-electron chi connectivity index (χ1n) is 24.8. The van der Waals surface area contributed by atoms with Gasteiger partial charge in [-0.05, 0) is 25.7 Å². The molecule has 0 fully saturated rings. The van der Waals surface area contributed by atoms with Gasteiger partial charge >= 0.3 is 8.25 Å². The van der Waals surface area contributed by atoms with Crippen LogP contribution >= 0.6 is 8.25 Å². The first-order valence-corrected chi connectivity index (χ1v) is 26.1. The van der Waals surface area contributed by atoms with Crippen LogP contribution in [0.5, 0.6) is 0 Å². The largest absolute Gasteiger partial charge is 0.368 e. The summed E-state index contributed by atoms with van der Waals surface area (Å²) in [5, 5.41) is 20.2. The van der Waals surface area contributed by atoms with Crippen LogP contribution < -0.4 is 0 Å². The van der Waals surface area contributed by atoms with E-state index in [-0.39, 0.29) is 0 Å². The number of rotatable bonds is 48. The summed E-state index contributed by atoms with van der Waals surface area (Å²) < 4.78 is 22.4. The Hall–Kier alpha value is 0.0700. The van der Waals surface area contributed by atoms with Crippen LogP contribution in [0.3, 0.4) is 0 Å². The number of hydrogen-bond donors (Lipinski definition) is 2. The second-order valence-electron chi connectivity index (χ2n) is 17.1. The lowest BCUT2D eigenvalue weighted by Gasteiger charge is -2.15. The lowest BCUT2D eigenvalue weighted by atomic mass is 10.0. The first kappa shape index (κ1) is 54.1. The molecular weight excluding hydrogens is 687 g/mol. The lowest BCUT2D eigenvalue weighted by molar-refractivity contribution is -0.0648. The van der Waals surface area contributed by atoms with Gasteiger partial charge in [-0.2, -0.15) is 0 Å². The molecule has 0 bridgehead atoms. The Balaban J connectivity index is 3.33. The molecule has 2 atom stereocenters. The minimum absolute atomic E-state index is 0.467. The van der Waals surface area contributed by atoms with Crippen molar-refractivity contribution in [3.63, 3.8) is 0 Å². The SMILES string of the molecule is CCCCCCCCCCCCCCCCCCCCCCCC(O)O[PH](=O)OC(O)CCCCCCCCCCCCCCCCCCCCCCC. The molecule has 6 heteroatoms. The van der Waals surface area contributed by atoms with Gasteiger partial charge in [0.25, 0.3) is 0 Å². The topological polar surface area (TPSA) is 76.0 Å². The summed E-state index contributed by atoms with van der Waals surface area (Å²) in [4.78, 5) is 0. The zero-order valence-corrected chi connectivity index (χ0v) is 37.9. The third-order valence-corrected chi connectivity index (χ3v) is 12.5. The molecule has 2 N–H and O–H groups in total. The maximum atomic E-state index is 12.1. The van der Waals surface area contributed by atoms with Crippen LogP contribution in [0, 0.1) is 0 Å². The molecule has 0 aromatic rings. The summed E-state index contributed by atoms with van der Waals surface area (Å²) in [6, 6.07) is 0. The van der Waals surface area contributed by atoms with Gasteiger partial charge in [0, 0.05) is 0 Å². The highest BCUT2D eigenvalue weighted by atomic mass is 31.1. The van der Waals surface area contributed by atoms with E-state index in [2.05, 4.69) is 13.8 Å². The fourth-order valence-electron chi connectivity index (χ4n) is 7.87. The van der Waals surface area contributed by atoms with Crippen molar-refractivity contribution in [2.45, 2.75) is 309 Å². The van der Waals surface area contributed by atoms with Gasteiger partial charge in [0.15, 0.2) is 12.6 Å². The van der Waals surface area contributed by atoms with Gasteiger partial charge in [-0.25, -0.2) is 0 Å². The third-order valence-electron chi connectivity index (χ3n) is 11.6. The maximum Gasteiger partial charge on any atom is 0.323 e. The van der Waals surface area contributed by atoms with Crippen LogP contribution in [0.1, 0.15) is 296 Å². The van der Waals surface area contributed by atoms with E-state index < -0.39 is 20.8 Å². The third kappa shape index (κ3) is 46.5. The van der Waals surface area contributed by atoms with Crippen LogP contribution in [-0.4, -0.2) is 22.8 Å². The Morgan fingerprint density at radius 2 is 0.444 bits per heavy atom. The number of aliphatic hydroxyl groups is 2. The van der Waals surface area contributed by atoms with Crippen LogP contribution in [-0.2, 0) is 13.6 Å². The molecule has 0 aliphatic carbocycles. The fourth-order valence-corrected chi connectivity index (χ4v) is 8.61. The quantitative estimate of drug-likeness (QED) is 0.0365. The van der Waals surface area contributed by atoms with Gasteiger partial charge in [0.1, 0.15) is 0 Å². The Morgan fingerprint density at radius 1 is 0.296 bits per heavy atom. The van der Waals surface area contributed by atoms with Gasteiger partial charge in [-0.3, -0.25) is 13.6 Å². The Bertz CT molecular complexity index is 651. The lowest BCUT2D eigenvalue weighted by Crippen LogP contribution is -2.12. The molecule has 2 unspecified atom stereocenters. The van der Waals surface area contributed by atoms with E-state index >= 15 is 0 Å². The summed E-state index contributed by atoms with van der Waals surface area (Å²) in [6.07, 6.45) is 55.3. The fraction of sp³-hybridized carbons (Fsp3) is 1.00. The predicted molar refractivity (Wildman–Crippen MR) is 238 cm³/mol. The minimum Gasteiger partial charge on any atom is -0.368 e. The maximum absolute atomic E-state index is 12.1. The molecule has 0 aromatic heterocycles. The predicted octanol–water partition coefficient (Wildman–Crippen LogP) is 17.3. The van der Waals surface area contributed by atoms with Crippen LogP contribution in [0.25, 0.3) is 0 Å². The summed E-state index contributed by atoms with van der Waals surface area (Å²) >= 11 is 0. The molecule has 0 spiro atoms. The van der Waals surface area contributed by atoms with Gasteiger partial charge in [0.05, 0.1) is 0 Å². The van der Waals surface area contributed by atoms with Crippen molar-refractivity contribution >= 4 is 8.25 Å². The zero-order chi connectivity index (χ0) is 39.3. The van der Waals surface area contributed by atoms with E-state index in [1.54, 1.807) is 0 Å². The average molecular weight is 787 g/mol.